The maximum Gasteiger partial charge on any atom is 0.328 e. The van der Waals surface area contributed by atoms with Crippen molar-refractivity contribution < 1.29 is 29.4 Å². The molecule has 1 heterocycles. The number of amides is 3. The van der Waals surface area contributed by atoms with Crippen molar-refractivity contribution in [3.63, 3.8) is 0 Å². The summed E-state index contributed by atoms with van der Waals surface area (Å²) in [6.07, 6.45) is 1.82. The quantitative estimate of drug-likeness (QED) is 0.161. The Labute approximate surface area is 185 Å². The van der Waals surface area contributed by atoms with Crippen molar-refractivity contribution in [3.05, 3.63) is 18.2 Å². The summed E-state index contributed by atoms with van der Waals surface area (Å²) in [5.74, 6) is -3.94. The number of nitrogens with one attached hydrogen (secondary N) is 4. The molecule has 0 fully saturated rings. The molecular formula is C18H30N6O6S. The van der Waals surface area contributed by atoms with Crippen LogP contribution in [-0.4, -0.2) is 79.9 Å². The van der Waals surface area contributed by atoms with Crippen molar-refractivity contribution in [1.82, 2.24) is 25.9 Å². The van der Waals surface area contributed by atoms with E-state index in [1.807, 2.05) is 0 Å². The summed E-state index contributed by atoms with van der Waals surface area (Å²) in [6, 6.07) is -4.66. The molecule has 0 saturated heterocycles. The number of carboxylic acid groups (broad SMARTS) is 1. The van der Waals surface area contributed by atoms with Crippen LogP contribution in [0.4, 0.5) is 0 Å². The van der Waals surface area contributed by atoms with E-state index in [2.05, 4.69) is 38.5 Å². The molecule has 3 amide bonds. The molecule has 1 aromatic heterocycles. The van der Waals surface area contributed by atoms with E-state index >= 15 is 0 Å². The van der Waals surface area contributed by atoms with Crippen LogP contribution in [0.15, 0.2) is 12.5 Å². The molecule has 0 saturated carbocycles. The largest absolute Gasteiger partial charge is 0.480 e. The number of aliphatic carboxylic acids is 1. The third-order valence-electron chi connectivity index (χ3n) is 4.44. The Balaban J connectivity index is 2.78. The maximum atomic E-state index is 12.6. The zero-order valence-corrected chi connectivity index (χ0v) is 18.4. The van der Waals surface area contributed by atoms with Gasteiger partial charge in [0.15, 0.2) is 6.04 Å². The van der Waals surface area contributed by atoms with Gasteiger partial charge in [-0.05, 0) is 12.8 Å². The summed E-state index contributed by atoms with van der Waals surface area (Å²) in [4.78, 5) is 55.4. The zero-order valence-electron chi connectivity index (χ0n) is 17.5. The van der Waals surface area contributed by atoms with Gasteiger partial charge in [0.2, 0.25) is 17.7 Å². The van der Waals surface area contributed by atoms with Crippen LogP contribution in [-0.2, 0) is 25.6 Å². The Morgan fingerprint density at radius 1 is 1.10 bits per heavy atom. The molecule has 12 nitrogen and oxygen atoms in total. The number of aromatic nitrogens is 2. The van der Waals surface area contributed by atoms with Crippen molar-refractivity contribution >= 4 is 36.3 Å². The molecule has 8 N–H and O–H groups in total. The first-order valence-electron chi connectivity index (χ1n) is 9.63. The average molecular weight is 459 g/mol. The summed E-state index contributed by atoms with van der Waals surface area (Å²) in [5.41, 5.74) is 6.51. The lowest BCUT2D eigenvalue weighted by Crippen LogP contribution is -2.60. The fourth-order valence-electron chi connectivity index (χ4n) is 2.62. The van der Waals surface area contributed by atoms with Crippen LogP contribution in [0.1, 0.15) is 26.5 Å². The lowest BCUT2D eigenvalue weighted by Gasteiger charge is -2.27. The number of nitrogens with zero attached hydrogens (tertiary/aromatic N) is 1. The highest BCUT2D eigenvalue weighted by Crippen LogP contribution is 2.05. The molecule has 0 aliphatic rings. The molecule has 0 radical (unpaired) electrons. The molecule has 0 aliphatic heterocycles. The number of nitrogens with two attached hydrogens (primary N) is 1. The average Bonchev–Trinajstić information content (AvgIpc) is 3.19. The maximum absolute atomic E-state index is 12.6. The Morgan fingerprint density at radius 2 is 1.71 bits per heavy atom. The fraction of sp³-hybridized carbons (Fsp3) is 0.611. The van der Waals surface area contributed by atoms with E-state index in [1.54, 1.807) is 13.8 Å². The van der Waals surface area contributed by atoms with Crippen LogP contribution in [0.25, 0.3) is 0 Å². The van der Waals surface area contributed by atoms with Gasteiger partial charge >= 0.3 is 5.97 Å². The second kappa shape index (κ2) is 12.3. The number of H-pyrrole nitrogens is 1. The van der Waals surface area contributed by atoms with Gasteiger partial charge in [-0.25, -0.2) is 9.78 Å². The molecule has 31 heavy (non-hydrogen) atoms. The van der Waals surface area contributed by atoms with E-state index in [4.69, 9.17) is 10.8 Å². The van der Waals surface area contributed by atoms with Crippen LogP contribution in [0.2, 0.25) is 0 Å². The fourth-order valence-corrected chi connectivity index (χ4v) is 2.88. The van der Waals surface area contributed by atoms with E-state index in [0.29, 0.717) is 5.69 Å². The summed E-state index contributed by atoms with van der Waals surface area (Å²) in [7, 11) is 0. The van der Waals surface area contributed by atoms with Crippen molar-refractivity contribution in [3.8, 4) is 0 Å². The normalized spacial score (nSPS) is 16.0. The van der Waals surface area contributed by atoms with E-state index in [0.717, 1.165) is 0 Å². The molecular weight excluding hydrogens is 428 g/mol. The number of aromatic amines is 1. The highest BCUT2D eigenvalue weighted by Gasteiger charge is 2.33. The first-order chi connectivity index (χ1) is 14.5. The van der Waals surface area contributed by atoms with Crippen molar-refractivity contribution in [1.29, 1.82) is 0 Å². The van der Waals surface area contributed by atoms with Gasteiger partial charge in [0, 0.05) is 24.1 Å². The van der Waals surface area contributed by atoms with Gasteiger partial charge in [0.1, 0.15) is 12.1 Å². The molecule has 174 valence electrons. The first kappa shape index (κ1) is 26.4. The number of aliphatic hydroxyl groups excluding tert-OH is 1. The topological polar surface area (TPSA) is 200 Å². The number of carboxylic acids is 1. The van der Waals surface area contributed by atoms with Gasteiger partial charge in [-0.15, -0.1) is 0 Å². The van der Waals surface area contributed by atoms with Gasteiger partial charge in [-0.1, -0.05) is 13.8 Å². The summed E-state index contributed by atoms with van der Waals surface area (Å²) >= 11 is 4.08. The lowest BCUT2D eigenvalue weighted by molar-refractivity contribution is -0.145. The van der Waals surface area contributed by atoms with Crippen LogP contribution >= 0.6 is 12.6 Å². The third kappa shape index (κ3) is 8.19. The van der Waals surface area contributed by atoms with Crippen LogP contribution in [0.5, 0.6) is 0 Å². The SMILES string of the molecule is CC(C)C(NC(=O)C(CS)NC(=O)C(N)Cc1cnc[nH]1)C(=O)NC(C(=O)O)C(C)O. The molecule has 13 heteroatoms. The summed E-state index contributed by atoms with van der Waals surface area (Å²) < 4.78 is 0. The van der Waals surface area contributed by atoms with Crippen molar-refractivity contribution in [2.45, 2.75) is 57.5 Å². The molecule has 5 atom stereocenters. The van der Waals surface area contributed by atoms with Crippen molar-refractivity contribution in [2.75, 3.05) is 5.75 Å². The number of hydrogen-bond acceptors (Lipinski definition) is 8. The number of thiol groups is 1. The minimum absolute atomic E-state index is 0.0633. The molecule has 0 aromatic carbocycles. The van der Waals surface area contributed by atoms with Gasteiger partial charge in [-0.2, -0.15) is 12.6 Å². The second-order valence-corrected chi connectivity index (χ2v) is 7.79. The Morgan fingerprint density at radius 3 is 2.16 bits per heavy atom. The standard InChI is InChI=1S/C18H30N6O6S/c1-8(2)13(17(28)24-14(9(3)25)18(29)30)23-16(27)12(6-31)22-15(26)11(19)4-10-5-20-7-21-10/h5,7-9,11-14,25,31H,4,6,19H2,1-3H3,(H,20,21)(H,22,26)(H,23,27)(H,24,28)(H,29,30). The summed E-state index contributed by atoms with van der Waals surface area (Å²) in [5, 5.41) is 25.9. The summed E-state index contributed by atoms with van der Waals surface area (Å²) in [6.45, 7) is 4.52. The lowest BCUT2D eigenvalue weighted by atomic mass is 10.0. The Kier molecular flexibility index (Phi) is 10.4. The molecule has 1 rings (SSSR count). The van der Waals surface area contributed by atoms with E-state index in [1.165, 1.54) is 19.4 Å². The predicted octanol–water partition coefficient (Wildman–Crippen LogP) is -2.21. The number of aliphatic hydroxyl groups is 1. The molecule has 1 aromatic rings. The highest BCUT2D eigenvalue weighted by atomic mass is 32.1. The van der Waals surface area contributed by atoms with Crippen LogP contribution in [0, 0.1) is 5.92 Å². The minimum atomic E-state index is -1.54. The van der Waals surface area contributed by atoms with Crippen LogP contribution < -0.4 is 21.7 Å². The highest BCUT2D eigenvalue weighted by molar-refractivity contribution is 7.80. The molecule has 0 spiro atoms. The Bertz CT molecular complexity index is 757. The van der Waals surface area contributed by atoms with E-state index in [-0.39, 0.29) is 12.2 Å². The molecule has 0 aliphatic carbocycles. The number of carbonyl (C=O) groups excluding carboxylic acids is 3. The number of hydrogen-bond donors (Lipinski definition) is 8. The smallest absolute Gasteiger partial charge is 0.328 e. The van der Waals surface area contributed by atoms with Crippen molar-refractivity contribution in [2.24, 2.45) is 11.7 Å². The Hall–Kier alpha value is -2.64. The number of carbonyl (C=O) groups is 4. The first-order valence-corrected chi connectivity index (χ1v) is 10.3. The second-order valence-electron chi connectivity index (χ2n) is 7.43. The van der Waals surface area contributed by atoms with Gasteiger partial charge in [0.05, 0.1) is 18.5 Å². The van der Waals surface area contributed by atoms with Gasteiger partial charge in [-0.3, -0.25) is 14.4 Å². The van der Waals surface area contributed by atoms with E-state index < -0.39 is 59.9 Å². The number of rotatable bonds is 12. The van der Waals surface area contributed by atoms with Gasteiger partial charge < -0.3 is 36.9 Å². The predicted molar refractivity (Wildman–Crippen MR) is 114 cm³/mol. The van der Waals surface area contributed by atoms with E-state index in [9.17, 15) is 24.3 Å². The monoisotopic (exact) mass is 458 g/mol. The van der Waals surface area contributed by atoms with Crippen LogP contribution in [0.3, 0.4) is 0 Å². The molecule has 5 unspecified atom stereocenters. The zero-order chi connectivity index (χ0) is 23.7. The van der Waals surface area contributed by atoms with Gasteiger partial charge in [0.25, 0.3) is 0 Å². The minimum Gasteiger partial charge on any atom is -0.480 e. The number of imidazole rings is 1. The third-order valence-corrected chi connectivity index (χ3v) is 4.81. The molecule has 0 bridgehead atoms.